The summed E-state index contributed by atoms with van der Waals surface area (Å²) in [5.41, 5.74) is 1.05. The van der Waals surface area contributed by atoms with E-state index in [1.807, 2.05) is 43.3 Å². The number of piperazine rings is 1. The van der Waals surface area contributed by atoms with Crippen LogP contribution in [0.1, 0.15) is 12.5 Å². The van der Waals surface area contributed by atoms with Gasteiger partial charge in [0.1, 0.15) is 12.7 Å². The molecule has 1 aromatic heterocycles. The van der Waals surface area contributed by atoms with Crippen LogP contribution >= 0.6 is 0 Å². The molecule has 150 valence electrons. The van der Waals surface area contributed by atoms with Crippen LogP contribution in [-0.4, -0.2) is 72.5 Å². The number of rotatable bonds is 8. The molecule has 7 heteroatoms. The second-order valence-corrected chi connectivity index (χ2v) is 6.71. The Bertz CT molecular complexity index is 762. The zero-order chi connectivity index (χ0) is 19.8. The zero-order valence-electron chi connectivity index (χ0n) is 16.5. The molecule has 0 bridgehead atoms. The molecule has 28 heavy (non-hydrogen) atoms. The van der Waals surface area contributed by atoms with Crippen LogP contribution in [0.4, 0.5) is 5.95 Å². The lowest BCUT2D eigenvalue weighted by Crippen LogP contribution is -2.49. The highest BCUT2D eigenvalue weighted by Crippen LogP contribution is 2.28. The summed E-state index contributed by atoms with van der Waals surface area (Å²) < 4.78 is 11.2. The molecule has 0 unspecified atom stereocenters. The minimum Gasteiger partial charge on any atom is -0.493 e. The SMILES string of the molecule is C/C=C\c1ccc(OC[C@@H](O)CN2CCN(c3ncccn3)CC2)c(OC)c1. The number of anilines is 1. The van der Waals surface area contributed by atoms with Gasteiger partial charge in [-0.05, 0) is 30.7 Å². The maximum atomic E-state index is 10.4. The quantitative estimate of drug-likeness (QED) is 0.747. The van der Waals surface area contributed by atoms with Gasteiger partial charge in [-0.15, -0.1) is 0 Å². The van der Waals surface area contributed by atoms with Crippen molar-refractivity contribution in [2.45, 2.75) is 13.0 Å². The molecule has 1 fully saturated rings. The first kappa shape index (κ1) is 20.1. The van der Waals surface area contributed by atoms with Gasteiger partial charge >= 0.3 is 0 Å². The van der Waals surface area contributed by atoms with Gasteiger partial charge in [-0.3, -0.25) is 4.90 Å². The molecular weight excluding hydrogens is 356 g/mol. The van der Waals surface area contributed by atoms with E-state index < -0.39 is 6.10 Å². The monoisotopic (exact) mass is 384 g/mol. The predicted molar refractivity (Wildman–Crippen MR) is 110 cm³/mol. The number of nitrogens with zero attached hydrogens (tertiary/aromatic N) is 4. The van der Waals surface area contributed by atoms with Crippen molar-refractivity contribution in [3.8, 4) is 11.5 Å². The number of benzene rings is 1. The van der Waals surface area contributed by atoms with Crippen LogP contribution in [0.3, 0.4) is 0 Å². The summed E-state index contributed by atoms with van der Waals surface area (Å²) in [7, 11) is 1.62. The molecule has 1 aliphatic heterocycles. The zero-order valence-corrected chi connectivity index (χ0v) is 16.5. The van der Waals surface area contributed by atoms with E-state index in [-0.39, 0.29) is 6.61 Å². The number of aliphatic hydroxyl groups is 1. The Kier molecular flexibility index (Phi) is 7.22. The van der Waals surface area contributed by atoms with Gasteiger partial charge in [0.2, 0.25) is 5.95 Å². The van der Waals surface area contributed by atoms with Crippen LogP contribution in [0, 0.1) is 0 Å². The normalized spacial score (nSPS) is 16.3. The van der Waals surface area contributed by atoms with E-state index in [9.17, 15) is 5.11 Å². The lowest BCUT2D eigenvalue weighted by Gasteiger charge is -2.35. The van der Waals surface area contributed by atoms with Crippen molar-refractivity contribution in [2.24, 2.45) is 0 Å². The maximum Gasteiger partial charge on any atom is 0.225 e. The van der Waals surface area contributed by atoms with Crippen molar-refractivity contribution >= 4 is 12.0 Å². The Morgan fingerprint density at radius 3 is 2.57 bits per heavy atom. The van der Waals surface area contributed by atoms with Crippen LogP contribution in [0.5, 0.6) is 11.5 Å². The second-order valence-electron chi connectivity index (χ2n) is 6.71. The maximum absolute atomic E-state index is 10.4. The number of hydrogen-bond acceptors (Lipinski definition) is 7. The van der Waals surface area contributed by atoms with E-state index in [1.54, 1.807) is 19.5 Å². The minimum absolute atomic E-state index is 0.224. The van der Waals surface area contributed by atoms with Gasteiger partial charge < -0.3 is 19.5 Å². The third-order valence-electron chi connectivity index (χ3n) is 4.65. The van der Waals surface area contributed by atoms with Crippen molar-refractivity contribution in [3.63, 3.8) is 0 Å². The number of allylic oxidation sites excluding steroid dienone is 1. The molecule has 1 aliphatic rings. The van der Waals surface area contributed by atoms with Crippen LogP contribution in [0.2, 0.25) is 0 Å². The highest BCUT2D eigenvalue weighted by molar-refractivity contribution is 5.55. The van der Waals surface area contributed by atoms with E-state index in [0.29, 0.717) is 18.0 Å². The summed E-state index contributed by atoms with van der Waals surface area (Å²) in [5, 5.41) is 10.4. The first-order valence-electron chi connectivity index (χ1n) is 9.55. The van der Waals surface area contributed by atoms with E-state index in [0.717, 1.165) is 37.7 Å². The summed E-state index contributed by atoms with van der Waals surface area (Å²) in [6, 6.07) is 7.58. The van der Waals surface area contributed by atoms with Crippen LogP contribution < -0.4 is 14.4 Å². The number of hydrogen-bond donors (Lipinski definition) is 1. The molecule has 1 atom stereocenters. The molecule has 1 aromatic carbocycles. The van der Waals surface area contributed by atoms with Crippen molar-refractivity contribution in [3.05, 3.63) is 48.3 Å². The van der Waals surface area contributed by atoms with Crippen LogP contribution in [0.25, 0.3) is 6.08 Å². The topological polar surface area (TPSA) is 71.0 Å². The summed E-state index contributed by atoms with van der Waals surface area (Å²) in [4.78, 5) is 13.0. The molecule has 3 rings (SSSR count). The number of methoxy groups -OCH3 is 1. The molecule has 1 N–H and O–H groups in total. The predicted octanol–water partition coefficient (Wildman–Crippen LogP) is 2.08. The standard InChI is InChI=1S/C21H28N4O3/c1-3-5-17-6-7-19(20(14-17)27-2)28-16-18(26)15-24-10-12-25(13-11-24)21-22-8-4-9-23-21/h3-9,14,18,26H,10-13,15-16H2,1-2H3/b5-3-/t18-/m0/s1. The fraction of sp³-hybridized carbons (Fsp3) is 0.429. The lowest BCUT2D eigenvalue weighted by molar-refractivity contribution is 0.0652. The smallest absolute Gasteiger partial charge is 0.225 e. The number of aliphatic hydroxyl groups excluding tert-OH is 1. The Morgan fingerprint density at radius 1 is 1.14 bits per heavy atom. The van der Waals surface area contributed by atoms with Crippen molar-refractivity contribution in [2.75, 3.05) is 51.3 Å². The third-order valence-corrected chi connectivity index (χ3v) is 4.65. The van der Waals surface area contributed by atoms with E-state index in [4.69, 9.17) is 9.47 Å². The Balaban J connectivity index is 1.46. The van der Waals surface area contributed by atoms with E-state index >= 15 is 0 Å². The highest BCUT2D eigenvalue weighted by Gasteiger charge is 2.21. The van der Waals surface area contributed by atoms with Gasteiger partial charge in [-0.1, -0.05) is 18.2 Å². The first-order valence-corrected chi connectivity index (χ1v) is 9.55. The molecule has 0 saturated carbocycles. The average Bonchev–Trinajstić information content (AvgIpc) is 2.74. The fourth-order valence-corrected chi connectivity index (χ4v) is 3.22. The second kappa shape index (κ2) is 10.1. The molecule has 7 nitrogen and oxygen atoms in total. The van der Waals surface area contributed by atoms with Gasteiger partial charge in [0, 0.05) is 45.1 Å². The minimum atomic E-state index is -0.570. The molecule has 0 radical (unpaired) electrons. The summed E-state index contributed by atoms with van der Waals surface area (Å²) in [5.74, 6) is 2.07. The van der Waals surface area contributed by atoms with Gasteiger partial charge in [-0.25, -0.2) is 9.97 Å². The fourth-order valence-electron chi connectivity index (χ4n) is 3.22. The summed E-state index contributed by atoms with van der Waals surface area (Å²) >= 11 is 0. The molecule has 0 aliphatic carbocycles. The largest absolute Gasteiger partial charge is 0.493 e. The van der Waals surface area contributed by atoms with Gasteiger partial charge in [-0.2, -0.15) is 0 Å². The molecule has 1 saturated heterocycles. The molecule has 0 amide bonds. The average molecular weight is 384 g/mol. The number of aromatic nitrogens is 2. The van der Waals surface area contributed by atoms with Crippen LogP contribution in [0.15, 0.2) is 42.7 Å². The van der Waals surface area contributed by atoms with Gasteiger partial charge in [0.25, 0.3) is 0 Å². The highest BCUT2D eigenvalue weighted by atomic mass is 16.5. The van der Waals surface area contributed by atoms with Crippen molar-refractivity contribution in [1.82, 2.24) is 14.9 Å². The Hall–Kier alpha value is -2.64. The molecule has 2 aromatic rings. The van der Waals surface area contributed by atoms with Gasteiger partial charge in [0.15, 0.2) is 11.5 Å². The van der Waals surface area contributed by atoms with Crippen molar-refractivity contribution < 1.29 is 14.6 Å². The molecule has 2 heterocycles. The third kappa shape index (κ3) is 5.43. The Labute approximate surface area is 166 Å². The lowest BCUT2D eigenvalue weighted by atomic mass is 10.2. The van der Waals surface area contributed by atoms with Crippen LogP contribution in [-0.2, 0) is 0 Å². The number of β-amino-alcohol motifs (C(OH)–C–C–N with tert-alkyl or cyclic N) is 1. The van der Waals surface area contributed by atoms with E-state index in [1.165, 1.54) is 0 Å². The van der Waals surface area contributed by atoms with Crippen molar-refractivity contribution in [1.29, 1.82) is 0 Å². The summed E-state index contributed by atoms with van der Waals surface area (Å²) in [6.45, 7) is 6.17. The summed E-state index contributed by atoms with van der Waals surface area (Å²) in [6.07, 6.45) is 6.92. The Morgan fingerprint density at radius 2 is 1.89 bits per heavy atom. The molecular formula is C21H28N4O3. The first-order chi connectivity index (χ1) is 13.7. The number of ether oxygens (including phenoxy) is 2. The van der Waals surface area contributed by atoms with E-state index in [2.05, 4.69) is 19.8 Å². The molecule has 0 spiro atoms. The van der Waals surface area contributed by atoms with Gasteiger partial charge in [0.05, 0.1) is 7.11 Å².